The number of halogens is 2. The predicted octanol–water partition coefficient (Wildman–Crippen LogP) is 3.83. The van der Waals surface area contributed by atoms with Gasteiger partial charge in [-0.3, -0.25) is 0 Å². The Morgan fingerprint density at radius 3 is 2.68 bits per heavy atom. The highest BCUT2D eigenvalue weighted by Crippen LogP contribution is 2.24. The van der Waals surface area contributed by atoms with E-state index in [1.165, 1.54) is 12.1 Å². The standard InChI is InChI=1S/C15H15ClFNO/c1-10-2-4-14(17)7-12(10)9-19-15-5-3-13(16)6-11(15)8-18/h2-7H,8-9,18H2,1H3. The molecule has 0 unspecified atom stereocenters. The van der Waals surface area contributed by atoms with Gasteiger partial charge in [0.2, 0.25) is 0 Å². The smallest absolute Gasteiger partial charge is 0.124 e. The molecule has 2 N–H and O–H groups in total. The van der Waals surface area contributed by atoms with Crippen molar-refractivity contribution >= 4 is 11.6 Å². The Balaban J connectivity index is 2.16. The monoisotopic (exact) mass is 279 g/mol. The molecule has 0 fully saturated rings. The maximum absolute atomic E-state index is 13.2. The van der Waals surface area contributed by atoms with Crippen LogP contribution in [0.4, 0.5) is 4.39 Å². The van der Waals surface area contributed by atoms with Crippen molar-refractivity contribution in [1.29, 1.82) is 0 Å². The Labute approximate surface area is 117 Å². The summed E-state index contributed by atoms with van der Waals surface area (Å²) in [5.41, 5.74) is 8.29. The van der Waals surface area contributed by atoms with Crippen molar-refractivity contribution in [3.8, 4) is 5.75 Å². The van der Waals surface area contributed by atoms with E-state index in [4.69, 9.17) is 22.1 Å². The third-order valence-corrected chi connectivity index (χ3v) is 3.17. The van der Waals surface area contributed by atoms with E-state index in [1.54, 1.807) is 24.3 Å². The van der Waals surface area contributed by atoms with Crippen molar-refractivity contribution in [3.05, 3.63) is 63.9 Å². The molecule has 0 heterocycles. The van der Waals surface area contributed by atoms with Crippen LogP contribution in [0.2, 0.25) is 5.02 Å². The SMILES string of the molecule is Cc1ccc(F)cc1COc1ccc(Cl)cc1CN. The molecule has 0 aliphatic carbocycles. The number of nitrogens with two attached hydrogens (primary N) is 1. The molecule has 0 bridgehead atoms. The lowest BCUT2D eigenvalue weighted by atomic mass is 10.1. The molecule has 2 aromatic carbocycles. The Bertz CT molecular complexity index is 586. The summed E-state index contributed by atoms with van der Waals surface area (Å²) in [5, 5.41) is 0.620. The van der Waals surface area contributed by atoms with E-state index in [0.29, 0.717) is 23.9 Å². The molecule has 2 nitrogen and oxygen atoms in total. The fourth-order valence-corrected chi connectivity index (χ4v) is 1.99. The minimum absolute atomic E-state index is 0.264. The van der Waals surface area contributed by atoms with Gasteiger partial charge in [0.25, 0.3) is 0 Å². The van der Waals surface area contributed by atoms with Gasteiger partial charge in [0, 0.05) is 17.1 Å². The van der Waals surface area contributed by atoms with Crippen molar-refractivity contribution in [2.24, 2.45) is 5.73 Å². The van der Waals surface area contributed by atoms with Gasteiger partial charge in [0.05, 0.1) is 0 Å². The Kier molecular flexibility index (Phi) is 4.40. The van der Waals surface area contributed by atoms with Crippen molar-refractivity contribution in [1.82, 2.24) is 0 Å². The average molecular weight is 280 g/mol. The first-order valence-electron chi connectivity index (χ1n) is 5.96. The number of hydrogen-bond acceptors (Lipinski definition) is 2. The van der Waals surface area contributed by atoms with Gasteiger partial charge in [0.1, 0.15) is 18.2 Å². The molecule has 0 aliphatic heterocycles. The Morgan fingerprint density at radius 2 is 1.95 bits per heavy atom. The lowest BCUT2D eigenvalue weighted by molar-refractivity contribution is 0.301. The lowest BCUT2D eigenvalue weighted by Crippen LogP contribution is -2.04. The molecule has 0 amide bonds. The zero-order valence-electron chi connectivity index (χ0n) is 10.6. The number of ether oxygens (including phenoxy) is 1. The summed E-state index contributed by atoms with van der Waals surface area (Å²) in [5.74, 6) is 0.412. The highest BCUT2D eigenvalue weighted by molar-refractivity contribution is 6.30. The number of benzene rings is 2. The largest absolute Gasteiger partial charge is 0.489 e. The highest BCUT2D eigenvalue weighted by atomic mass is 35.5. The van der Waals surface area contributed by atoms with E-state index in [1.807, 2.05) is 6.92 Å². The van der Waals surface area contributed by atoms with Gasteiger partial charge >= 0.3 is 0 Å². The van der Waals surface area contributed by atoms with Crippen LogP contribution in [0.5, 0.6) is 5.75 Å². The van der Waals surface area contributed by atoms with Crippen molar-refractivity contribution in [2.45, 2.75) is 20.1 Å². The predicted molar refractivity (Wildman–Crippen MR) is 74.8 cm³/mol. The molecule has 2 rings (SSSR count). The summed E-state index contributed by atoms with van der Waals surface area (Å²) in [4.78, 5) is 0. The third kappa shape index (κ3) is 3.46. The van der Waals surface area contributed by atoms with E-state index >= 15 is 0 Å². The fraction of sp³-hybridized carbons (Fsp3) is 0.200. The Hall–Kier alpha value is -1.58. The van der Waals surface area contributed by atoms with E-state index in [2.05, 4.69) is 0 Å². The second kappa shape index (κ2) is 6.04. The maximum Gasteiger partial charge on any atom is 0.124 e. The van der Waals surface area contributed by atoms with Crippen LogP contribution >= 0.6 is 11.6 Å². The summed E-state index contributed by atoms with van der Waals surface area (Å²) in [7, 11) is 0. The zero-order valence-corrected chi connectivity index (χ0v) is 11.4. The first-order chi connectivity index (χ1) is 9.10. The first kappa shape index (κ1) is 13.8. The minimum Gasteiger partial charge on any atom is -0.489 e. The number of aryl methyl sites for hydroxylation is 1. The molecule has 0 saturated heterocycles. The second-order valence-corrected chi connectivity index (χ2v) is 4.75. The van der Waals surface area contributed by atoms with Crippen LogP contribution < -0.4 is 10.5 Å². The van der Waals surface area contributed by atoms with Crippen LogP contribution in [0.1, 0.15) is 16.7 Å². The lowest BCUT2D eigenvalue weighted by Gasteiger charge is -2.12. The maximum atomic E-state index is 13.2. The van der Waals surface area contributed by atoms with Gasteiger partial charge in [-0.1, -0.05) is 17.7 Å². The molecule has 2 aromatic rings. The molecule has 19 heavy (non-hydrogen) atoms. The Morgan fingerprint density at radius 1 is 1.16 bits per heavy atom. The van der Waals surface area contributed by atoms with Gasteiger partial charge in [0.15, 0.2) is 0 Å². The number of hydrogen-bond donors (Lipinski definition) is 1. The molecule has 0 aliphatic rings. The third-order valence-electron chi connectivity index (χ3n) is 2.94. The molecule has 0 saturated carbocycles. The van der Waals surface area contributed by atoms with Crippen molar-refractivity contribution in [3.63, 3.8) is 0 Å². The van der Waals surface area contributed by atoms with E-state index in [0.717, 1.165) is 16.7 Å². The normalized spacial score (nSPS) is 10.5. The van der Waals surface area contributed by atoms with E-state index in [9.17, 15) is 4.39 Å². The first-order valence-corrected chi connectivity index (χ1v) is 6.34. The van der Waals surface area contributed by atoms with Gasteiger partial charge in [-0.15, -0.1) is 0 Å². The molecule has 0 radical (unpaired) electrons. The van der Waals surface area contributed by atoms with Crippen LogP contribution in [-0.4, -0.2) is 0 Å². The van der Waals surface area contributed by atoms with Crippen LogP contribution in [0.15, 0.2) is 36.4 Å². The average Bonchev–Trinajstić information content (AvgIpc) is 2.40. The van der Waals surface area contributed by atoms with Gasteiger partial charge in [-0.05, 0) is 48.4 Å². The zero-order chi connectivity index (χ0) is 13.8. The molecule has 0 spiro atoms. The quantitative estimate of drug-likeness (QED) is 0.923. The van der Waals surface area contributed by atoms with Gasteiger partial charge in [-0.25, -0.2) is 4.39 Å². The summed E-state index contributed by atoms with van der Waals surface area (Å²) in [6.45, 7) is 2.57. The second-order valence-electron chi connectivity index (χ2n) is 4.32. The minimum atomic E-state index is -0.264. The fourth-order valence-electron chi connectivity index (χ4n) is 1.80. The molecule has 0 aromatic heterocycles. The van der Waals surface area contributed by atoms with E-state index < -0.39 is 0 Å². The molecule has 4 heteroatoms. The molecular weight excluding hydrogens is 265 g/mol. The van der Waals surface area contributed by atoms with Crippen LogP contribution in [0.3, 0.4) is 0 Å². The summed E-state index contributed by atoms with van der Waals surface area (Å²) < 4.78 is 18.9. The number of rotatable bonds is 4. The van der Waals surface area contributed by atoms with Crippen LogP contribution in [0, 0.1) is 12.7 Å². The summed E-state index contributed by atoms with van der Waals surface area (Å²) >= 11 is 5.90. The van der Waals surface area contributed by atoms with Gasteiger partial charge in [-0.2, -0.15) is 0 Å². The van der Waals surface area contributed by atoms with Crippen LogP contribution in [0.25, 0.3) is 0 Å². The molecule has 0 atom stereocenters. The van der Waals surface area contributed by atoms with Crippen LogP contribution in [-0.2, 0) is 13.2 Å². The van der Waals surface area contributed by atoms with Crippen molar-refractivity contribution < 1.29 is 9.13 Å². The summed E-state index contributed by atoms with van der Waals surface area (Å²) in [6, 6.07) is 9.95. The van der Waals surface area contributed by atoms with Gasteiger partial charge < -0.3 is 10.5 Å². The van der Waals surface area contributed by atoms with E-state index in [-0.39, 0.29) is 5.82 Å². The molecular formula is C15H15ClFNO. The molecule has 100 valence electrons. The topological polar surface area (TPSA) is 35.2 Å². The highest BCUT2D eigenvalue weighted by Gasteiger charge is 2.06. The van der Waals surface area contributed by atoms with Crippen molar-refractivity contribution in [2.75, 3.05) is 0 Å². The summed E-state index contributed by atoms with van der Waals surface area (Å²) in [6.07, 6.45) is 0.